The van der Waals surface area contributed by atoms with Crippen LogP contribution in [0.3, 0.4) is 0 Å². The number of carbonyl (C=O) groups is 1. The van der Waals surface area contributed by atoms with Crippen molar-refractivity contribution in [2.75, 3.05) is 14.2 Å². The molecule has 0 amide bonds. The molecule has 0 bridgehead atoms. The van der Waals surface area contributed by atoms with Crippen LogP contribution in [0, 0.1) is 13.8 Å². The minimum Gasteiger partial charge on any atom is -0.496 e. The first-order valence-corrected chi connectivity index (χ1v) is 5.91. The molecule has 0 atom stereocenters. The van der Waals surface area contributed by atoms with Gasteiger partial charge in [0.25, 0.3) is 0 Å². The Kier molecular flexibility index (Phi) is 4.46. The van der Waals surface area contributed by atoms with E-state index in [1.807, 2.05) is 13.8 Å². The number of carbonyl (C=O) groups excluding carboxylic acids is 1. The summed E-state index contributed by atoms with van der Waals surface area (Å²) in [6, 6.07) is 0. The van der Waals surface area contributed by atoms with Crippen LogP contribution in [0.25, 0.3) is 0 Å². The highest BCUT2D eigenvalue weighted by molar-refractivity contribution is 5.88. The maximum absolute atomic E-state index is 12.1. The highest BCUT2D eigenvalue weighted by Gasteiger charge is 2.28. The van der Waals surface area contributed by atoms with Crippen LogP contribution in [0.15, 0.2) is 6.20 Å². The Morgan fingerprint density at radius 2 is 1.94 bits per heavy atom. The average molecular weight is 251 g/mol. The molecule has 0 saturated carbocycles. The van der Waals surface area contributed by atoms with Crippen molar-refractivity contribution in [1.82, 2.24) is 4.98 Å². The fourth-order valence-corrected chi connectivity index (χ4v) is 1.73. The second-order valence-electron chi connectivity index (χ2n) is 4.86. The van der Waals surface area contributed by atoms with Crippen molar-refractivity contribution < 1.29 is 14.3 Å². The number of rotatable bonds is 5. The summed E-state index contributed by atoms with van der Waals surface area (Å²) >= 11 is 0. The summed E-state index contributed by atoms with van der Waals surface area (Å²) in [6.07, 6.45) is 1.98. The normalized spacial score (nSPS) is 11.4. The molecule has 18 heavy (non-hydrogen) atoms. The van der Waals surface area contributed by atoms with Crippen LogP contribution in [0.4, 0.5) is 0 Å². The van der Waals surface area contributed by atoms with Crippen LogP contribution in [0.2, 0.25) is 0 Å². The van der Waals surface area contributed by atoms with E-state index in [9.17, 15) is 4.79 Å². The summed E-state index contributed by atoms with van der Waals surface area (Å²) < 4.78 is 10.5. The molecule has 4 nitrogen and oxygen atoms in total. The lowest BCUT2D eigenvalue weighted by Gasteiger charge is -2.21. The van der Waals surface area contributed by atoms with Gasteiger partial charge in [0, 0.05) is 24.4 Å². The van der Waals surface area contributed by atoms with E-state index in [0.29, 0.717) is 0 Å². The number of ether oxygens (including phenoxy) is 2. The Labute approximate surface area is 108 Å². The summed E-state index contributed by atoms with van der Waals surface area (Å²) in [7, 11) is 3.16. The number of nitrogens with zero attached hydrogens (tertiary/aromatic N) is 1. The number of pyridine rings is 1. The van der Waals surface area contributed by atoms with Crippen LogP contribution in [0.5, 0.6) is 5.75 Å². The van der Waals surface area contributed by atoms with Gasteiger partial charge >= 0.3 is 0 Å². The van der Waals surface area contributed by atoms with Gasteiger partial charge in [-0.1, -0.05) is 0 Å². The van der Waals surface area contributed by atoms with Gasteiger partial charge < -0.3 is 9.47 Å². The van der Waals surface area contributed by atoms with Crippen molar-refractivity contribution in [3.05, 3.63) is 23.0 Å². The first kappa shape index (κ1) is 14.6. The first-order valence-electron chi connectivity index (χ1n) is 5.91. The minimum atomic E-state index is -0.785. The number of aryl methyl sites for hydroxylation is 1. The summed E-state index contributed by atoms with van der Waals surface area (Å²) in [5.74, 6) is 0.800. The standard InChI is InChI=1S/C14H21NO3/c1-9-8-15-11(10(2)13(9)17-5)7-12(16)14(3,4)18-6/h8H,7H2,1-6H3. The van der Waals surface area contributed by atoms with Crippen LogP contribution in [-0.2, 0) is 16.0 Å². The maximum atomic E-state index is 12.1. The Morgan fingerprint density at radius 1 is 1.33 bits per heavy atom. The molecule has 1 aromatic rings. The average Bonchev–Trinajstić information content (AvgIpc) is 2.33. The van der Waals surface area contributed by atoms with Crippen LogP contribution in [0.1, 0.15) is 30.7 Å². The molecule has 0 aliphatic rings. The zero-order chi connectivity index (χ0) is 13.9. The molecule has 1 rings (SSSR count). The van der Waals surface area contributed by atoms with Crippen molar-refractivity contribution in [3.8, 4) is 5.75 Å². The zero-order valence-electron chi connectivity index (χ0n) is 12.0. The number of ketones is 1. The van der Waals surface area contributed by atoms with Gasteiger partial charge in [0.2, 0.25) is 0 Å². The highest BCUT2D eigenvalue weighted by atomic mass is 16.5. The zero-order valence-corrected chi connectivity index (χ0v) is 12.0. The van der Waals surface area contributed by atoms with E-state index in [4.69, 9.17) is 9.47 Å². The largest absolute Gasteiger partial charge is 0.496 e. The second kappa shape index (κ2) is 5.48. The van der Waals surface area contributed by atoms with Gasteiger partial charge in [-0.2, -0.15) is 0 Å². The summed E-state index contributed by atoms with van der Waals surface area (Å²) in [4.78, 5) is 16.4. The van der Waals surface area contributed by atoms with E-state index >= 15 is 0 Å². The fourth-order valence-electron chi connectivity index (χ4n) is 1.73. The molecule has 0 aliphatic carbocycles. The minimum absolute atomic E-state index is 0.00602. The van der Waals surface area contributed by atoms with Crippen LogP contribution in [-0.4, -0.2) is 30.6 Å². The summed E-state index contributed by atoms with van der Waals surface area (Å²) in [6.45, 7) is 7.37. The number of aromatic nitrogens is 1. The van der Waals surface area contributed by atoms with Gasteiger partial charge in [-0.3, -0.25) is 9.78 Å². The highest BCUT2D eigenvalue weighted by Crippen LogP contribution is 2.25. The third kappa shape index (κ3) is 2.88. The molecule has 0 aromatic carbocycles. The Balaban J connectivity index is 3.03. The van der Waals surface area contributed by atoms with E-state index in [2.05, 4.69) is 4.98 Å². The number of Topliss-reactive ketones (excluding diaryl/α,β-unsaturated/α-hetero) is 1. The maximum Gasteiger partial charge on any atom is 0.169 e. The molecule has 0 unspecified atom stereocenters. The summed E-state index contributed by atoms with van der Waals surface area (Å²) in [5.41, 5.74) is 1.84. The lowest BCUT2D eigenvalue weighted by Crippen LogP contribution is -2.35. The van der Waals surface area contributed by atoms with Crippen molar-refractivity contribution in [2.24, 2.45) is 0 Å². The van der Waals surface area contributed by atoms with E-state index in [-0.39, 0.29) is 12.2 Å². The Morgan fingerprint density at radius 3 is 2.44 bits per heavy atom. The quantitative estimate of drug-likeness (QED) is 0.805. The molecule has 0 aliphatic heterocycles. The molecule has 4 heteroatoms. The number of methoxy groups -OCH3 is 2. The first-order chi connectivity index (χ1) is 8.33. The molecule has 0 spiro atoms. The van der Waals surface area contributed by atoms with Gasteiger partial charge in [-0.05, 0) is 27.7 Å². The van der Waals surface area contributed by atoms with Gasteiger partial charge in [0.05, 0.1) is 19.2 Å². The SMILES string of the molecule is COc1c(C)cnc(CC(=O)C(C)(C)OC)c1C. The van der Waals surface area contributed by atoms with Crippen molar-refractivity contribution >= 4 is 5.78 Å². The molecule has 0 N–H and O–H groups in total. The van der Waals surface area contributed by atoms with Gasteiger partial charge in [-0.15, -0.1) is 0 Å². The van der Waals surface area contributed by atoms with Gasteiger partial charge in [0.15, 0.2) is 5.78 Å². The fraction of sp³-hybridized carbons (Fsp3) is 0.571. The smallest absolute Gasteiger partial charge is 0.169 e. The molecule has 1 heterocycles. The lowest BCUT2D eigenvalue weighted by molar-refractivity contribution is -0.136. The molecule has 1 aromatic heterocycles. The topological polar surface area (TPSA) is 48.4 Å². The van der Waals surface area contributed by atoms with E-state index in [0.717, 1.165) is 22.6 Å². The van der Waals surface area contributed by atoms with Gasteiger partial charge in [-0.25, -0.2) is 0 Å². The predicted molar refractivity (Wildman–Crippen MR) is 70.1 cm³/mol. The van der Waals surface area contributed by atoms with Crippen LogP contribution >= 0.6 is 0 Å². The molecule has 0 saturated heterocycles. The molecular weight excluding hydrogens is 230 g/mol. The lowest BCUT2D eigenvalue weighted by atomic mass is 9.97. The van der Waals surface area contributed by atoms with E-state index in [1.54, 1.807) is 27.2 Å². The summed E-state index contributed by atoms with van der Waals surface area (Å²) in [5, 5.41) is 0. The number of hydrogen-bond acceptors (Lipinski definition) is 4. The third-order valence-electron chi connectivity index (χ3n) is 3.26. The molecule has 0 radical (unpaired) electrons. The van der Waals surface area contributed by atoms with Gasteiger partial charge in [0.1, 0.15) is 11.4 Å². The predicted octanol–water partition coefficient (Wildman–Crippen LogP) is 2.24. The Hall–Kier alpha value is -1.42. The van der Waals surface area contributed by atoms with E-state index in [1.165, 1.54) is 7.11 Å². The number of hydrogen-bond donors (Lipinski definition) is 0. The molecular formula is C14H21NO3. The second-order valence-corrected chi connectivity index (χ2v) is 4.86. The Bertz CT molecular complexity index is 453. The van der Waals surface area contributed by atoms with Crippen molar-refractivity contribution in [3.63, 3.8) is 0 Å². The van der Waals surface area contributed by atoms with E-state index < -0.39 is 5.60 Å². The van der Waals surface area contributed by atoms with Crippen LogP contribution < -0.4 is 4.74 Å². The molecule has 100 valence electrons. The monoisotopic (exact) mass is 251 g/mol. The van der Waals surface area contributed by atoms with Crippen molar-refractivity contribution in [2.45, 2.75) is 39.7 Å². The van der Waals surface area contributed by atoms with Crippen molar-refractivity contribution in [1.29, 1.82) is 0 Å². The third-order valence-corrected chi connectivity index (χ3v) is 3.26. The molecule has 0 fully saturated rings.